The number of hydrogen-bond acceptors (Lipinski definition) is 6. The molecule has 1 aromatic heterocycles. The average molecular weight is 296 g/mol. The zero-order chi connectivity index (χ0) is 13.5. The Kier molecular flexibility index (Phi) is 3.00. The van der Waals surface area contributed by atoms with Crippen molar-refractivity contribution >= 4 is 26.7 Å². The van der Waals surface area contributed by atoms with Gasteiger partial charge in [-0.2, -0.15) is 4.37 Å². The van der Waals surface area contributed by atoms with Crippen LogP contribution in [0.3, 0.4) is 0 Å². The second-order valence-electron chi connectivity index (χ2n) is 4.29. The third-order valence-electron chi connectivity index (χ3n) is 2.87. The molecule has 2 N–H and O–H groups in total. The topological polar surface area (TPSA) is 84.0 Å². The Balaban J connectivity index is 1.92. The number of nitrogens with one attached hydrogen (secondary N) is 2. The minimum absolute atomic E-state index is 0.253. The summed E-state index contributed by atoms with van der Waals surface area (Å²) in [6.07, 6.45) is 0. The van der Waals surface area contributed by atoms with Crippen molar-refractivity contribution in [3.8, 4) is 0 Å². The SMILES string of the molecule is Cc1nsc(NS(=O)(=O)c2ccc3c(c2)CNC3)n1. The number of aromatic nitrogens is 2. The van der Waals surface area contributed by atoms with Gasteiger partial charge in [-0.25, -0.2) is 13.4 Å². The molecule has 2 heterocycles. The second kappa shape index (κ2) is 4.55. The summed E-state index contributed by atoms with van der Waals surface area (Å²) in [5.41, 5.74) is 2.17. The zero-order valence-corrected chi connectivity index (χ0v) is 11.8. The smallest absolute Gasteiger partial charge is 0.263 e. The molecule has 1 aromatic carbocycles. The van der Waals surface area contributed by atoms with Crippen LogP contribution in [-0.4, -0.2) is 17.8 Å². The van der Waals surface area contributed by atoms with Gasteiger partial charge < -0.3 is 5.32 Å². The van der Waals surface area contributed by atoms with Gasteiger partial charge >= 0.3 is 0 Å². The van der Waals surface area contributed by atoms with Gasteiger partial charge in [0.05, 0.1) is 4.90 Å². The first-order chi connectivity index (χ1) is 9.04. The molecule has 3 rings (SSSR count). The molecule has 0 fully saturated rings. The molecule has 0 atom stereocenters. The quantitative estimate of drug-likeness (QED) is 0.890. The van der Waals surface area contributed by atoms with Crippen LogP contribution < -0.4 is 10.0 Å². The van der Waals surface area contributed by atoms with Gasteiger partial charge in [-0.1, -0.05) is 6.07 Å². The molecule has 100 valence electrons. The minimum Gasteiger partial charge on any atom is -0.309 e. The Hall–Kier alpha value is -1.51. The molecule has 1 aliphatic rings. The van der Waals surface area contributed by atoms with E-state index in [2.05, 4.69) is 19.4 Å². The zero-order valence-electron chi connectivity index (χ0n) is 10.2. The van der Waals surface area contributed by atoms with Crippen LogP contribution >= 0.6 is 11.5 Å². The maximum Gasteiger partial charge on any atom is 0.263 e. The Morgan fingerprint density at radius 3 is 2.84 bits per heavy atom. The van der Waals surface area contributed by atoms with Crippen LogP contribution in [0, 0.1) is 6.92 Å². The Morgan fingerprint density at radius 2 is 2.11 bits per heavy atom. The third kappa shape index (κ3) is 2.46. The summed E-state index contributed by atoms with van der Waals surface area (Å²) in [6.45, 7) is 3.21. The van der Waals surface area contributed by atoms with Gasteiger partial charge in [0.2, 0.25) is 5.13 Å². The molecule has 0 spiro atoms. The number of aryl methyl sites for hydroxylation is 1. The van der Waals surface area contributed by atoms with Gasteiger partial charge in [-0.05, 0) is 30.2 Å². The highest BCUT2D eigenvalue weighted by Crippen LogP contribution is 2.22. The summed E-state index contributed by atoms with van der Waals surface area (Å²) < 4.78 is 30.8. The predicted molar refractivity (Wildman–Crippen MR) is 72.4 cm³/mol. The van der Waals surface area contributed by atoms with Crippen LogP contribution in [0.4, 0.5) is 5.13 Å². The summed E-state index contributed by atoms with van der Waals surface area (Å²) in [7, 11) is -3.59. The maximum absolute atomic E-state index is 12.2. The van der Waals surface area contributed by atoms with E-state index in [9.17, 15) is 8.42 Å². The first kappa shape index (κ1) is 12.5. The number of benzene rings is 1. The van der Waals surface area contributed by atoms with Gasteiger partial charge in [0.1, 0.15) is 5.82 Å². The maximum atomic E-state index is 12.2. The lowest BCUT2D eigenvalue weighted by Crippen LogP contribution is -2.13. The summed E-state index contributed by atoms with van der Waals surface area (Å²) in [4.78, 5) is 4.25. The molecule has 6 nitrogen and oxygen atoms in total. The van der Waals surface area contributed by atoms with Crippen LogP contribution in [0.1, 0.15) is 17.0 Å². The third-order valence-corrected chi connectivity index (χ3v) is 5.06. The molecular weight excluding hydrogens is 284 g/mol. The molecule has 0 unspecified atom stereocenters. The molecule has 0 radical (unpaired) electrons. The van der Waals surface area contributed by atoms with Crippen molar-refractivity contribution in [1.29, 1.82) is 0 Å². The van der Waals surface area contributed by atoms with Crippen molar-refractivity contribution in [3.05, 3.63) is 35.2 Å². The molecule has 0 saturated heterocycles. The Morgan fingerprint density at radius 1 is 1.32 bits per heavy atom. The lowest BCUT2D eigenvalue weighted by atomic mass is 10.1. The van der Waals surface area contributed by atoms with Crippen molar-refractivity contribution in [2.75, 3.05) is 4.72 Å². The number of hydrogen-bond donors (Lipinski definition) is 2. The molecule has 0 amide bonds. The average Bonchev–Trinajstić information content (AvgIpc) is 2.96. The van der Waals surface area contributed by atoms with E-state index in [1.807, 2.05) is 6.07 Å². The fourth-order valence-corrected chi connectivity index (χ4v) is 3.80. The highest BCUT2D eigenvalue weighted by atomic mass is 32.2. The molecule has 1 aliphatic heterocycles. The van der Waals surface area contributed by atoms with Gasteiger partial charge in [0, 0.05) is 24.6 Å². The number of fused-ring (bicyclic) bond motifs is 1. The van der Waals surface area contributed by atoms with Crippen LogP contribution in [0.25, 0.3) is 0 Å². The normalized spacial score (nSPS) is 14.4. The predicted octanol–water partition coefficient (Wildman–Crippen LogP) is 1.25. The molecule has 0 aliphatic carbocycles. The molecule has 8 heteroatoms. The molecular formula is C11H12N4O2S2. The van der Waals surface area contributed by atoms with Crippen molar-refractivity contribution in [3.63, 3.8) is 0 Å². The second-order valence-corrected chi connectivity index (χ2v) is 6.72. The number of nitrogens with zero attached hydrogens (tertiary/aromatic N) is 2. The van der Waals surface area contributed by atoms with Gasteiger partial charge in [-0.3, -0.25) is 4.72 Å². The first-order valence-corrected chi connectivity index (χ1v) is 7.96. The summed E-state index contributed by atoms with van der Waals surface area (Å²) in [6, 6.07) is 5.16. The Bertz CT molecular complexity index is 724. The van der Waals surface area contributed by atoms with E-state index >= 15 is 0 Å². The van der Waals surface area contributed by atoms with Gasteiger partial charge in [0.15, 0.2) is 0 Å². The highest BCUT2D eigenvalue weighted by molar-refractivity contribution is 7.93. The fraction of sp³-hybridized carbons (Fsp3) is 0.273. The lowest BCUT2D eigenvalue weighted by molar-refractivity contribution is 0.601. The standard InChI is InChI=1S/C11H12N4O2S2/c1-7-13-11(18-14-7)15-19(16,17)10-3-2-8-5-12-6-9(8)4-10/h2-4,12H,5-6H2,1H3,(H,13,14,15). The summed E-state index contributed by atoms with van der Waals surface area (Å²) in [5, 5.41) is 3.47. The van der Waals surface area contributed by atoms with Gasteiger partial charge in [0.25, 0.3) is 10.0 Å². The van der Waals surface area contributed by atoms with E-state index in [4.69, 9.17) is 0 Å². The van der Waals surface area contributed by atoms with Crippen molar-refractivity contribution in [2.45, 2.75) is 24.9 Å². The van der Waals surface area contributed by atoms with Crippen LogP contribution in [0.2, 0.25) is 0 Å². The van der Waals surface area contributed by atoms with Crippen molar-refractivity contribution in [1.82, 2.24) is 14.7 Å². The summed E-state index contributed by atoms with van der Waals surface area (Å²) >= 11 is 1.03. The molecule has 0 saturated carbocycles. The monoisotopic (exact) mass is 296 g/mol. The van der Waals surface area contributed by atoms with Crippen molar-refractivity contribution in [2.24, 2.45) is 0 Å². The minimum atomic E-state index is -3.59. The Labute approximate surface area is 115 Å². The lowest BCUT2D eigenvalue weighted by Gasteiger charge is -2.06. The number of anilines is 1. The van der Waals surface area contributed by atoms with E-state index in [1.54, 1.807) is 19.1 Å². The van der Waals surface area contributed by atoms with Crippen LogP contribution in [-0.2, 0) is 23.1 Å². The number of rotatable bonds is 3. The molecule has 19 heavy (non-hydrogen) atoms. The molecule has 0 bridgehead atoms. The van der Waals surface area contributed by atoms with Crippen molar-refractivity contribution < 1.29 is 8.42 Å². The largest absolute Gasteiger partial charge is 0.309 e. The van der Waals surface area contributed by atoms with E-state index in [-0.39, 0.29) is 10.0 Å². The van der Waals surface area contributed by atoms with E-state index in [0.29, 0.717) is 12.4 Å². The summed E-state index contributed by atoms with van der Waals surface area (Å²) in [5.74, 6) is 0.556. The molecule has 2 aromatic rings. The van der Waals surface area contributed by atoms with Gasteiger partial charge in [-0.15, -0.1) is 0 Å². The van der Waals surface area contributed by atoms with Crippen LogP contribution in [0.5, 0.6) is 0 Å². The highest BCUT2D eigenvalue weighted by Gasteiger charge is 2.19. The van der Waals surface area contributed by atoms with E-state index in [0.717, 1.165) is 29.2 Å². The van der Waals surface area contributed by atoms with E-state index < -0.39 is 10.0 Å². The number of sulfonamides is 1. The first-order valence-electron chi connectivity index (χ1n) is 5.70. The van der Waals surface area contributed by atoms with Crippen LogP contribution in [0.15, 0.2) is 23.1 Å². The van der Waals surface area contributed by atoms with E-state index in [1.165, 1.54) is 0 Å². The fourth-order valence-electron chi connectivity index (χ4n) is 1.95.